The minimum atomic E-state index is -0.278. The Hall–Kier alpha value is -0.710. The number of hydrogen-bond acceptors (Lipinski definition) is 3. The molecule has 2 fully saturated rings. The van der Waals surface area contributed by atoms with Gasteiger partial charge in [-0.2, -0.15) is 0 Å². The summed E-state index contributed by atoms with van der Waals surface area (Å²) in [4.78, 5) is 26.7. The van der Waals surface area contributed by atoms with Crippen molar-refractivity contribution in [3.63, 3.8) is 0 Å². The van der Waals surface area contributed by atoms with Crippen LogP contribution in [0.25, 0.3) is 0 Å². The van der Waals surface area contributed by atoms with Crippen LogP contribution in [-0.4, -0.2) is 39.9 Å². The molecule has 0 aromatic heterocycles. The highest BCUT2D eigenvalue weighted by Crippen LogP contribution is 2.35. The van der Waals surface area contributed by atoms with Crippen LogP contribution in [0, 0.1) is 11.8 Å². The minimum Gasteiger partial charge on any atom is -0.352 e. The van der Waals surface area contributed by atoms with Gasteiger partial charge >= 0.3 is 0 Å². The van der Waals surface area contributed by atoms with Gasteiger partial charge in [-0.15, -0.1) is 11.8 Å². The van der Waals surface area contributed by atoms with Crippen LogP contribution in [0.5, 0.6) is 0 Å². The van der Waals surface area contributed by atoms with Gasteiger partial charge in [-0.1, -0.05) is 27.7 Å². The molecule has 20 heavy (non-hydrogen) atoms. The number of nitrogens with one attached hydrogen (secondary N) is 1. The molecule has 2 aliphatic rings. The first-order valence-electron chi connectivity index (χ1n) is 7.64. The zero-order valence-corrected chi connectivity index (χ0v) is 13.7. The molecule has 5 heteroatoms. The van der Waals surface area contributed by atoms with E-state index in [0.717, 1.165) is 25.0 Å². The molecule has 2 rings (SSSR count). The Balaban J connectivity index is 2.08. The predicted octanol–water partition coefficient (Wildman–Crippen LogP) is 2.24. The van der Waals surface area contributed by atoms with Gasteiger partial charge < -0.3 is 10.2 Å². The standard InChI is InChI=1S/C15H26N2O2S/c1-9(2)7-13-17(15(19)10(3)4)12(8-20-13)14(18)16-11-5-6-11/h9-13H,5-8H2,1-4H3,(H,16,18). The van der Waals surface area contributed by atoms with E-state index in [1.807, 2.05) is 18.7 Å². The molecular weight excluding hydrogens is 272 g/mol. The molecule has 1 aliphatic heterocycles. The Morgan fingerprint density at radius 1 is 1.25 bits per heavy atom. The molecule has 0 aromatic rings. The summed E-state index contributed by atoms with van der Waals surface area (Å²) in [7, 11) is 0. The highest BCUT2D eigenvalue weighted by molar-refractivity contribution is 8.00. The fraction of sp³-hybridized carbons (Fsp3) is 0.867. The van der Waals surface area contributed by atoms with Gasteiger partial charge in [0, 0.05) is 17.7 Å². The number of carbonyl (C=O) groups is 2. The Labute approximate surface area is 126 Å². The zero-order valence-electron chi connectivity index (χ0n) is 12.9. The van der Waals surface area contributed by atoms with Gasteiger partial charge in [0.2, 0.25) is 11.8 Å². The highest BCUT2D eigenvalue weighted by atomic mass is 32.2. The fourth-order valence-corrected chi connectivity index (χ4v) is 4.12. The molecule has 0 bridgehead atoms. The van der Waals surface area contributed by atoms with Crippen LogP contribution >= 0.6 is 11.8 Å². The molecule has 1 aliphatic carbocycles. The van der Waals surface area contributed by atoms with Crippen LogP contribution in [0.15, 0.2) is 0 Å². The summed E-state index contributed by atoms with van der Waals surface area (Å²) >= 11 is 1.75. The van der Waals surface area contributed by atoms with Crippen LogP contribution < -0.4 is 5.32 Å². The van der Waals surface area contributed by atoms with Crippen molar-refractivity contribution in [1.82, 2.24) is 10.2 Å². The van der Waals surface area contributed by atoms with Gasteiger partial charge in [0.25, 0.3) is 0 Å². The van der Waals surface area contributed by atoms with Crippen LogP contribution in [0.3, 0.4) is 0 Å². The van der Waals surface area contributed by atoms with E-state index in [-0.39, 0.29) is 29.1 Å². The van der Waals surface area contributed by atoms with Crippen molar-refractivity contribution in [2.24, 2.45) is 11.8 Å². The summed E-state index contributed by atoms with van der Waals surface area (Å²) in [5.41, 5.74) is 0. The summed E-state index contributed by atoms with van der Waals surface area (Å²) in [6.45, 7) is 8.15. The number of rotatable bonds is 5. The van der Waals surface area contributed by atoms with Crippen LogP contribution in [0.4, 0.5) is 0 Å². The van der Waals surface area contributed by atoms with Crippen LogP contribution in [0.2, 0.25) is 0 Å². The summed E-state index contributed by atoms with van der Waals surface area (Å²) in [5.74, 6) is 1.35. The molecule has 2 atom stereocenters. The SMILES string of the molecule is CC(C)CC1SCC(C(=O)NC2CC2)N1C(=O)C(C)C. The largest absolute Gasteiger partial charge is 0.352 e. The van der Waals surface area contributed by atoms with E-state index in [1.165, 1.54) is 0 Å². The van der Waals surface area contributed by atoms with Gasteiger partial charge in [0.05, 0.1) is 5.37 Å². The average Bonchev–Trinajstić information content (AvgIpc) is 3.06. The number of thioether (sulfide) groups is 1. The quantitative estimate of drug-likeness (QED) is 0.847. The number of hydrogen-bond donors (Lipinski definition) is 1. The van der Waals surface area contributed by atoms with E-state index in [0.29, 0.717) is 12.0 Å². The molecule has 1 saturated carbocycles. The lowest BCUT2D eigenvalue weighted by Gasteiger charge is -2.31. The van der Waals surface area contributed by atoms with Crippen molar-refractivity contribution < 1.29 is 9.59 Å². The average molecular weight is 298 g/mol. The van der Waals surface area contributed by atoms with E-state index in [9.17, 15) is 9.59 Å². The van der Waals surface area contributed by atoms with Crippen molar-refractivity contribution in [2.75, 3.05) is 5.75 Å². The maximum Gasteiger partial charge on any atom is 0.243 e. The van der Waals surface area contributed by atoms with Crippen molar-refractivity contribution in [2.45, 2.75) is 64.4 Å². The number of nitrogens with zero attached hydrogens (tertiary/aromatic N) is 1. The third-order valence-electron chi connectivity index (χ3n) is 3.74. The maximum atomic E-state index is 12.5. The minimum absolute atomic E-state index is 0.0419. The second-order valence-corrected chi connectivity index (χ2v) is 7.83. The Kier molecular flexibility index (Phi) is 4.99. The predicted molar refractivity (Wildman–Crippen MR) is 82.3 cm³/mol. The first-order valence-corrected chi connectivity index (χ1v) is 8.69. The monoisotopic (exact) mass is 298 g/mol. The first kappa shape index (κ1) is 15.7. The molecule has 0 spiro atoms. The van der Waals surface area contributed by atoms with E-state index in [1.54, 1.807) is 11.8 Å². The molecule has 0 radical (unpaired) electrons. The summed E-state index contributed by atoms with van der Waals surface area (Å²) in [6.07, 6.45) is 3.12. The molecule has 1 heterocycles. The Bertz CT molecular complexity index is 380. The van der Waals surface area contributed by atoms with Crippen molar-refractivity contribution in [3.05, 3.63) is 0 Å². The number of amides is 2. The summed E-state index contributed by atoms with van der Waals surface area (Å²) in [6, 6.07) is 0.0758. The molecule has 2 unspecified atom stereocenters. The lowest BCUT2D eigenvalue weighted by molar-refractivity contribution is -0.142. The van der Waals surface area contributed by atoms with E-state index < -0.39 is 0 Å². The lowest BCUT2D eigenvalue weighted by Crippen LogP contribution is -2.51. The smallest absolute Gasteiger partial charge is 0.243 e. The highest BCUT2D eigenvalue weighted by Gasteiger charge is 2.43. The number of carbonyl (C=O) groups excluding carboxylic acids is 2. The second kappa shape index (κ2) is 6.37. The van der Waals surface area contributed by atoms with Gasteiger partial charge in [0.15, 0.2) is 0 Å². The van der Waals surface area contributed by atoms with Gasteiger partial charge in [-0.05, 0) is 25.2 Å². The van der Waals surface area contributed by atoms with Crippen molar-refractivity contribution in [1.29, 1.82) is 0 Å². The van der Waals surface area contributed by atoms with Crippen molar-refractivity contribution in [3.8, 4) is 0 Å². The lowest BCUT2D eigenvalue weighted by atomic mass is 10.1. The van der Waals surface area contributed by atoms with Crippen LogP contribution in [0.1, 0.15) is 47.0 Å². The third-order valence-corrected chi connectivity index (χ3v) is 5.05. The Morgan fingerprint density at radius 2 is 1.90 bits per heavy atom. The van der Waals surface area contributed by atoms with E-state index >= 15 is 0 Å². The molecule has 1 N–H and O–H groups in total. The van der Waals surface area contributed by atoms with Crippen LogP contribution in [-0.2, 0) is 9.59 Å². The zero-order chi connectivity index (χ0) is 14.9. The Morgan fingerprint density at radius 3 is 2.40 bits per heavy atom. The van der Waals surface area contributed by atoms with Gasteiger partial charge in [0.1, 0.15) is 6.04 Å². The summed E-state index contributed by atoms with van der Waals surface area (Å²) < 4.78 is 0. The van der Waals surface area contributed by atoms with Crippen molar-refractivity contribution >= 4 is 23.6 Å². The molecule has 114 valence electrons. The fourth-order valence-electron chi connectivity index (χ4n) is 2.47. The first-order chi connectivity index (χ1) is 9.40. The van der Waals surface area contributed by atoms with Gasteiger partial charge in [-0.3, -0.25) is 9.59 Å². The molecular formula is C15H26N2O2S. The molecule has 2 amide bonds. The topological polar surface area (TPSA) is 49.4 Å². The maximum absolute atomic E-state index is 12.5. The van der Waals surface area contributed by atoms with E-state index in [2.05, 4.69) is 19.2 Å². The van der Waals surface area contributed by atoms with Gasteiger partial charge in [-0.25, -0.2) is 0 Å². The molecule has 0 aromatic carbocycles. The molecule has 1 saturated heterocycles. The molecule has 4 nitrogen and oxygen atoms in total. The normalized spacial score (nSPS) is 26.4. The van der Waals surface area contributed by atoms with E-state index in [4.69, 9.17) is 0 Å². The second-order valence-electron chi connectivity index (χ2n) is 6.62. The third kappa shape index (κ3) is 3.68. The summed E-state index contributed by atoms with van der Waals surface area (Å²) in [5, 5.41) is 3.20.